The van der Waals surface area contributed by atoms with E-state index in [1.807, 2.05) is 5.32 Å². The lowest BCUT2D eigenvalue weighted by atomic mass is 10.1. The SMILES string of the molecule is NC(=O)[C@@H](CC(=O)O)NC(=O)c1ccc(F)cc1F. The summed E-state index contributed by atoms with van der Waals surface area (Å²) < 4.78 is 25.9. The van der Waals surface area contributed by atoms with E-state index >= 15 is 0 Å². The third kappa shape index (κ3) is 4.02. The number of nitrogens with one attached hydrogen (secondary N) is 1. The van der Waals surface area contributed by atoms with Gasteiger partial charge in [-0.25, -0.2) is 8.78 Å². The number of rotatable bonds is 5. The van der Waals surface area contributed by atoms with Crippen LogP contribution in [0.4, 0.5) is 8.78 Å². The molecule has 0 spiro atoms. The van der Waals surface area contributed by atoms with E-state index in [-0.39, 0.29) is 0 Å². The van der Waals surface area contributed by atoms with E-state index in [0.717, 1.165) is 12.1 Å². The number of carbonyl (C=O) groups is 3. The van der Waals surface area contributed by atoms with Gasteiger partial charge in [-0.15, -0.1) is 0 Å². The number of carboxylic acid groups (broad SMARTS) is 1. The summed E-state index contributed by atoms with van der Waals surface area (Å²) in [5.41, 5.74) is 4.39. The fraction of sp³-hybridized carbons (Fsp3) is 0.182. The van der Waals surface area contributed by atoms with E-state index in [1.54, 1.807) is 0 Å². The minimum Gasteiger partial charge on any atom is -0.481 e. The molecule has 1 atom stereocenters. The van der Waals surface area contributed by atoms with E-state index < -0.39 is 47.4 Å². The Kier molecular flexibility index (Phi) is 4.51. The number of nitrogens with two attached hydrogens (primary N) is 1. The van der Waals surface area contributed by atoms with Crippen LogP contribution in [0.25, 0.3) is 0 Å². The first-order chi connectivity index (χ1) is 8.81. The third-order valence-electron chi connectivity index (χ3n) is 2.20. The molecule has 2 amide bonds. The fourth-order valence-electron chi connectivity index (χ4n) is 1.31. The summed E-state index contributed by atoms with van der Waals surface area (Å²) in [6, 6.07) is 0.744. The number of benzene rings is 1. The Hall–Kier alpha value is -2.51. The van der Waals surface area contributed by atoms with Gasteiger partial charge in [0, 0.05) is 6.07 Å². The summed E-state index contributed by atoms with van der Waals surface area (Å²) in [7, 11) is 0. The van der Waals surface area contributed by atoms with E-state index in [2.05, 4.69) is 0 Å². The summed E-state index contributed by atoms with van der Waals surface area (Å²) >= 11 is 0. The van der Waals surface area contributed by atoms with Gasteiger partial charge in [-0.05, 0) is 12.1 Å². The molecule has 0 fully saturated rings. The maximum Gasteiger partial charge on any atom is 0.305 e. The number of hydrogen-bond donors (Lipinski definition) is 3. The minimum absolute atomic E-state index is 0.491. The van der Waals surface area contributed by atoms with Crippen LogP contribution < -0.4 is 11.1 Å². The molecule has 0 heterocycles. The minimum atomic E-state index is -1.48. The van der Waals surface area contributed by atoms with Crippen LogP contribution in [0, 0.1) is 11.6 Å². The molecule has 1 aromatic carbocycles. The van der Waals surface area contributed by atoms with Gasteiger partial charge in [-0.3, -0.25) is 14.4 Å². The third-order valence-corrected chi connectivity index (χ3v) is 2.20. The first-order valence-corrected chi connectivity index (χ1v) is 5.08. The normalized spacial score (nSPS) is 11.7. The van der Waals surface area contributed by atoms with Crippen molar-refractivity contribution in [3.63, 3.8) is 0 Å². The molecule has 6 nitrogen and oxygen atoms in total. The van der Waals surface area contributed by atoms with Gasteiger partial charge in [-0.2, -0.15) is 0 Å². The molecular formula is C11H10F2N2O4. The summed E-state index contributed by atoms with van der Waals surface area (Å²) in [6.45, 7) is 0. The molecule has 0 radical (unpaired) electrons. The molecule has 8 heteroatoms. The highest BCUT2D eigenvalue weighted by molar-refractivity contribution is 5.98. The Balaban J connectivity index is 2.87. The van der Waals surface area contributed by atoms with Gasteiger partial charge >= 0.3 is 5.97 Å². The molecule has 0 aromatic heterocycles. The maximum absolute atomic E-state index is 13.3. The summed E-state index contributed by atoms with van der Waals surface area (Å²) in [5.74, 6) is -5.48. The molecule has 1 aromatic rings. The van der Waals surface area contributed by atoms with Crippen molar-refractivity contribution in [2.24, 2.45) is 5.73 Å². The maximum atomic E-state index is 13.3. The van der Waals surface area contributed by atoms with Gasteiger partial charge in [0.15, 0.2) is 0 Å². The van der Waals surface area contributed by atoms with Crippen LogP contribution >= 0.6 is 0 Å². The molecule has 0 saturated heterocycles. The quantitative estimate of drug-likeness (QED) is 0.702. The monoisotopic (exact) mass is 272 g/mol. The fourth-order valence-corrected chi connectivity index (χ4v) is 1.31. The molecule has 1 rings (SSSR count). The number of halogens is 2. The van der Waals surface area contributed by atoms with Crippen LogP contribution in [0.15, 0.2) is 18.2 Å². The average molecular weight is 272 g/mol. The molecule has 0 saturated carbocycles. The van der Waals surface area contributed by atoms with Crippen molar-refractivity contribution in [1.82, 2.24) is 5.32 Å². The van der Waals surface area contributed by atoms with Crippen molar-refractivity contribution in [3.8, 4) is 0 Å². The lowest BCUT2D eigenvalue weighted by molar-refractivity contribution is -0.139. The van der Waals surface area contributed by atoms with Crippen molar-refractivity contribution in [1.29, 1.82) is 0 Å². The van der Waals surface area contributed by atoms with Crippen molar-refractivity contribution < 1.29 is 28.3 Å². The molecular weight excluding hydrogens is 262 g/mol. The summed E-state index contributed by atoms with van der Waals surface area (Å²) in [5, 5.41) is 10.5. The molecule has 0 aliphatic rings. The van der Waals surface area contributed by atoms with Crippen molar-refractivity contribution in [2.75, 3.05) is 0 Å². The largest absolute Gasteiger partial charge is 0.481 e. The topological polar surface area (TPSA) is 109 Å². The van der Waals surface area contributed by atoms with Crippen LogP contribution in [0.1, 0.15) is 16.8 Å². The number of hydrogen-bond acceptors (Lipinski definition) is 3. The van der Waals surface area contributed by atoms with Gasteiger partial charge in [0.05, 0.1) is 12.0 Å². The number of carboxylic acids is 1. The molecule has 0 bridgehead atoms. The Morgan fingerprint density at radius 3 is 2.42 bits per heavy atom. The van der Waals surface area contributed by atoms with E-state index in [9.17, 15) is 23.2 Å². The lowest BCUT2D eigenvalue weighted by Crippen LogP contribution is -2.45. The first kappa shape index (κ1) is 14.6. The summed E-state index contributed by atoms with van der Waals surface area (Å²) in [6.07, 6.45) is -0.732. The molecule has 19 heavy (non-hydrogen) atoms. The second kappa shape index (κ2) is 5.89. The first-order valence-electron chi connectivity index (χ1n) is 5.08. The molecule has 0 aliphatic heterocycles. The van der Waals surface area contributed by atoms with Gasteiger partial charge in [0.2, 0.25) is 5.91 Å². The number of primary amides is 1. The van der Waals surface area contributed by atoms with Crippen LogP contribution in [0.5, 0.6) is 0 Å². The molecule has 0 aliphatic carbocycles. The van der Waals surface area contributed by atoms with Crippen molar-refractivity contribution in [3.05, 3.63) is 35.4 Å². The van der Waals surface area contributed by atoms with Crippen LogP contribution in [0.2, 0.25) is 0 Å². The predicted molar refractivity (Wildman–Crippen MR) is 59.1 cm³/mol. The Morgan fingerprint density at radius 2 is 1.95 bits per heavy atom. The second-order valence-electron chi connectivity index (χ2n) is 3.65. The van der Waals surface area contributed by atoms with Gasteiger partial charge < -0.3 is 16.2 Å². The van der Waals surface area contributed by atoms with Crippen molar-refractivity contribution in [2.45, 2.75) is 12.5 Å². The molecule has 102 valence electrons. The number of amides is 2. The van der Waals surface area contributed by atoms with Gasteiger partial charge in [0.25, 0.3) is 5.91 Å². The lowest BCUT2D eigenvalue weighted by Gasteiger charge is -2.13. The second-order valence-corrected chi connectivity index (χ2v) is 3.65. The number of carbonyl (C=O) groups excluding carboxylic acids is 2. The zero-order valence-electron chi connectivity index (χ0n) is 9.52. The van der Waals surface area contributed by atoms with E-state index in [1.165, 1.54) is 0 Å². The highest BCUT2D eigenvalue weighted by atomic mass is 19.1. The van der Waals surface area contributed by atoms with E-state index in [4.69, 9.17) is 10.8 Å². The van der Waals surface area contributed by atoms with Gasteiger partial charge in [-0.1, -0.05) is 0 Å². The predicted octanol–water partition coefficient (Wildman–Crippen LogP) is 0.0232. The van der Waals surface area contributed by atoms with E-state index in [0.29, 0.717) is 6.07 Å². The zero-order valence-corrected chi connectivity index (χ0v) is 9.52. The Labute approximate surface area is 106 Å². The highest BCUT2D eigenvalue weighted by Gasteiger charge is 2.23. The highest BCUT2D eigenvalue weighted by Crippen LogP contribution is 2.09. The average Bonchev–Trinajstić information content (AvgIpc) is 2.26. The smallest absolute Gasteiger partial charge is 0.305 e. The number of aliphatic carboxylic acids is 1. The van der Waals surface area contributed by atoms with Gasteiger partial charge in [0.1, 0.15) is 17.7 Å². The Bertz CT molecular complexity index is 533. The Morgan fingerprint density at radius 1 is 1.32 bits per heavy atom. The molecule has 4 N–H and O–H groups in total. The zero-order chi connectivity index (χ0) is 14.6. The van der Waals surface area contributed by atoms with Crippen LogP contribution in [0.3, 0.4) is 0 Å². The molecule has 0 unspecified atom stereocenters. The summed E-state index contributed by atoms with van der Waals surface area (Å²) in [4.78, 5) is 33.0. The van der Waals surface area contributed by atoms with Crippen LogP contribution in [-0.4, -0.2) is 28.9 Å². The van der Waals surface area contributed by atoms with Crippen LogP contribution in [-0.2, 0) is 9.59 Å². The standard InChI is InChI=1S/C11H10F2N2O4/c12-5-1-2-6(7(13)3-5)11(19)15-8(10(14)18)4-9(16)17/h1-3,8H,4H2,(H2,14,18)(H,15,19)(H,16,17)/t8-/m1/s1. The van der Waals surface area contributed by atoms with Crippen molar-refractivity contribution >= 4 is 17.8 Å².